The molecule has 0 N–H and O–H groups in total. The fourth-order valence-electron chi connectivity index (χ4n) is 3.97. The Kier molecular flexibility index (Phi) is 6.04. The van der Waals surface area contributed by atoms with Gasteiger partial charge in [0.15, 0.2) is 0 Å². The number of benzene rings is 2. The van der Waals surface area contributed by atoms with Gasteiger partial charge in [0.2, 0.25) is 10.0 Å². The largest absolute Gasteiger partial charge is 0.295 e. The van der Waals surface area contributed by atoms with Crippen LogP contribution in [0.4, 0.5) is 0 Å². The van der Waals surface area contributed by atoms with Crippen LogP contribution in [0, 0.1) is 13.8 Å². The van der Waals surface area contributed by atoms with E-state index in [0.717, 1.165) is 24.1 Å². The lowest BCUT2D eigenvalue weighted by molar-refractivity contribution is 0.0783. The van der Waals surface area contributed by atoms with E-state index in [0.29, 0.717) is 18.0 Å². The third-order valence-electron chi connectivity index (χ3n) is 5.53. The summed E-state index contributed by atoms with van der Waals surface area (Å²) in [5.74, 6) is 0. The van der Waals surface area contributed by atoms with E-state index in [1.807, 2.05) is 32.0 Å². The summed E-state index contributed by atoms with van der Waals surface area (Å²) >= 11 is 0. The Bertz CT molecular complexity index is 868. The van der Waals surface area contributed by atoms with Crippen molar-refractivity contribution in [2.45, 2.75) is 51.1 Å². The van der Waals surface area contributed by atoms with E-state index in [9.17, 15) is 8.42 Å². The van der Waals surface area contributed by atoms with Crippen LogP contribution in [0.3, 0.4) is 0 Å². The molecule has 0 aromatic heterocycles. The van der Waals surface area contributed by atoms with E-state index >= 15 is 0 Å². The Balaban J connectivity index is 1.73. The van der Waals surface area contributed by atoms with Crippen LogP contribution in [-0.2, 0) is 16.4 Å². The highest BCUT2D eigenvalue weighted by Crippen LogP contribution is 2.26. The Morgan fingerprint density at radius 2 is 1.59 bits per heavy atom. The summed E-state index contributed by atoms with van der Waals surface area (Å²) in [6.07, 6.45) is 0.985. The van der Waals surface area contributed by atoms with Crippen molar-refractivity contribution in [3.8, 4) is 0 Å². The molecule has 4 nitrogen and oxygen atoms in total. The summed E-state index contributed by atoms with van der Waals surface area (Å²) in [4.78, 5) is 2.88. The zero-order valence-corrected chi connectivity index (χ0v) is 17.5. The van der Waals surface area contributed by atoms with Gasteiger partial charge in [0.1, 0.15) is 0 Å². The molecule has 0 radical (unpaired) electrons. The molecule has 0 aliphatic carbocycles. The maximum atomic E-state index is 13.2. The number of piperazine rings is 1. The molecule has 2 atom stereocenters. The Hall–Kier alpha value is -1.69. The van der Waals surface area contributed by atoms with Crippen LogP contribution in [0.2, 0.25) is 0 Å². The third-order valence-corrected chi connectivity index (χ3v) is 7.50. The molecule has 0 bridgehead atoms. The van der Waals surface area contributed by atoms with Crippen molar-refractivity contribution >= 4 is 10.0 Å². The predicted octanol–water partition coefficient (Wildman–Crippen LogP) is 3.63. The van der Waals surface area contributed by atoms with Gasteiger partial charge in [-0.3, -0.25) is 4.90 Å². The van der Waals surface area contributed by atoms with Crippen LogP contribution in [0.15, 0.2) is 53.4 Å². The van der Waals surface area contributed by atoms with Gasteiger partial charge in [-0.15, -0.1) is 0 Å². The van der Waals surface area contributed by atoms with Gasteiger partial charge < -0.3 is 0 Å². The Morgan fingerprint density at radius 3 is 2.22 bits per heavy atom. The number of aryl methyl sites for hydroxylation is 2. The van der Waals surface area contributed by atoms with Gasteiger partial charge in [-0.2, -0.15) is 4.31 Å². The predicted molar refractivity (Wildman–Crippen MR) is 110 cm³/mol. The second kappa shape index (κ2) is 8.13. The van der Waals surface area contributed by atoms with Crippen LogP contribution in [-0.4, -0.2) is 49.3 Å². The molecule has 146 valence electrons. The van der Waals surface area contributed by atoms with Gasteiger partial charge in [0.05, 0.1) is 4.90 Å². The maximum absolute atomic E-state index is 13.2. The summed E-state index contributed by atoms with van der Waals surface area (Å²) in [5, 5.41) is 0. The molecule has 0 amide bonds. The minimum absolute atomic E-state index is 0.192. The molecule has 0 saturated carbocycles. The van der Waals surface area contributed by atoms with E-state index < -0.39 is 10.0 Å². The maximum Gasteiger partial charge on any atom is 0.243 e. The van der Waals surface area contributed by atoms with E-state index in [-0.39, 0.29) is 12.1 Å². The van der Waals surface area contributed by atoms with Crippen molar-refractivity contribution in [1.29, 1.82) is 0 Å². The van der Waals surface area contributed by atoms with Gasteiger partial charge in [-0.25, -0.2) is 8.42 Å². The van der Waals surface area contributed by atoms with Crippen LogP contribution in [0.1, 0.15) is 30.5 Å². The summed E-state index contributed by atoms with van der Waals surface area (Å²) < 4.78 is 28.2. The average molecular weight is 387 g/mol. The number of sulfonamides is 1. The minimum Gasteiger partial charge on any atom is -0.295 e. The lowest BCUT2D eigenvalue weighted by Gasteiger charge is -2.44. The average Bonchev–Trinajstić information content (AvgIpc) is 2.63. The highest BCUT2D eigenvalue weighted by molar-refractivity contribution is 7.89. The number of rotatable bonds is 5. The molecule has 2 unspecified atom stereocenters. The SMILES string of the molecule is Cc1ccc(C)c(S(=O)(=O)N2CC(C)N(CCc3ccccc3)C(C)C2)c1. The van der Waals surface area contributed by atoms with Gasteiger partial charge in [0.25, 0.3) is 0 Å². The van der Waals surface area contributed by atoms with Crippen molar-refractivity contribution in [2.24, 2.45) is 0 Å². The fraction of sp³-hybridized carbons (Fsp3) is 0.455. The molecule has 1 aliphatic heterocycles. The molecule has 3 rings (SSSR count). The summed E-state index contributed by atoms with van der Waals surface area (Å²) in [5.41, 5.74) is 3.11. The van der Waals surface area contributed by atoms with Crippen LogP contribution < -0.4 is 0 Å². The van der Waals surface area contributed by atoms with Gasteiger partial charge >= 0.3 is 0 Å². The summed E-state index contributed by atoms with van der Waals surface area (Å²) in [6, 6.07) is 16.5. The second-order valence-corrected chi connectivity index (χ2v) is 9.67. The molecule has 1 fully saturated rings. The molecule has 1 saturated heterocycles. The molecule has 2 aromatic carbocycles. The van der Waals surface area contributed by atoms with Crippen molar-refractivity contribution in [3.05, 3.63) is 65.2 Å². The molecule has 2 aromatic rings. The lowest BCUT2D eigenvalue weighted by Crippen LogP contribution is -2.58. The molecule has 27 heavy (non-hydrogen) atoms. The zero-order valence-electron chi connectivity index (χ0n) is 16.7. The van der Waals surface area contributed by atoms with Crippen LogP contribution in [0.25, 0.3) is 0 Å². The topological polar surface area (TPSA) is 40.6 Å². The highest BCUT2D eigenvalue weighted by atomic mass is 32.2. The second-order valence-electron chi connectivity index (χ2n) is 7.76. The quantitative estimate of drug-likeness (QED) is 0.788. The van der Waals surface area contributed by atoms with Crippen molar-refractivity contribution in [2.75, 3.05) is 19.6 Å². The van der Waals surface area contributed by atoms with Gasteiger partial charge in [-0.05, 0) is 56.9 Å². The van der Waals surface area contributed by atoms with E-state index in [2.05, 4.69) is 43.0 Å². The monoisotopic (exact) mass is 386 g/mol. The van der Waals surface area contributed by atoms with Crippen LogP contribution in [0.5, 0.6) is 0 Å². The Morgan fingerprint density at radius 1 is 0.963 bits per heavy atom. The molecule has 1 heterocycles. The van der Waals surface area contributed by atoms with Gasteiger partial charge in [-0.1, -0.05) is 42.5 Å². The van der Waals surface area contributed by atoms with E-state index in [4.69, 9.17) is 0 Å². The normalized spacial score (nSPS) is 22.1. The molecule has 5 heteroatoms. The third kappa shape index (κ3) is 4.42. The number of hydrogen-bond acceptors (Lipinski definition) is 3. The minimum atomic E-state index is -3.46. The smallest absolute Gasteiger partial charge is 0.243 e. The zero-order chi connectivity index (χ0) is 19.6. The van der Waals surface area contributed by atoms with Crippen molar-refractivity contribution in [1.82, 2.24) is 9.21 Å². The molecular formula is C22H30N2O2S. The van der Waals surface area contributed by atoms with Crippen LogP contribution >= 0.6 is 0 Å². The first-order valence-electron chi connectivity index (χ1n) is 9.66. The first-order chi connectivity index (χ1) is 12.8. The van der Waals surface area contributed by atoms with Crippen molar-refractivity contribution < 1.29 is 8.42 Å². The number of hydrogen-bond donors (Lipinski definition) is 0. The first kappa shape index (κ1) is 20.1. The molecule has 0 spiro atoms. The van der Waals surface area contributed by atoms with Gasteiger partial charge in [0, 0.05) is 31.7 Å². The first-order valence-corrected chi connectivity index (χ1v) is 11.1. The standard InChI is InChI=1S/C22H30N2O2S/c1-17-10-11-18(2)22(14-17)27(25,26)23-15-19(3)24(20(4)16-23)13-12-21-8-6-5-7-9-21/h5-11,14,19-20H,12-13,15-16H2,1-4H3. The summed E-state index contributed by atoms with van der Waals surface area (Å²) in [6.45, 7) is 10.1. The van der Waals surface area contributed by atoms with E-state index in [1.165, 1.54) is 5.56 Å². The van der Waals surface area contributed by atoms with E-state index in [1.54, 1.807) is 10.4 Å². The Labute approximate surface area is 163 Å². The lowest BCUT2D eigenvalue weighted by atomic mass is 10.1. The molecule has 1 aliphatic rings. The van der Waals surface area contributed by atoms with Crippen molar-refractivity contribution in [3.63, 3.8) is 0 Å². The molecular weight excluding hydrogens is 356 g/mol. The summed E-state index contributed by atoms with van der Waals surface area (Å²) in [7, 11) is -3.46. The number of nitrogens with zero attached hydrogens (tertiary/aromatic N) is 2. The fourth-order valence-corrected chi connectivity index (χ4v) is 5.88. The highest BCUT2D eigenvalue weighted by Gasteiger charge is 2.36.